The number of halogens is 2. The molecule has 0 fully saturated rings. The largest absolute Gasteiger partial charge is 0.464 e. The number of carbonyl (C=O) groups is 2. The number of aromatic nitrogens is 2. The van der Waals surface area contributed by atoms with Crippen molar-refractivity contribution < 1.29 is 18.7 Å². The molecule has 1 atom stereocenters. The van der Waals surface area contributed by atoms with Crippen LogP contribution in [0.4, 0.5) is 4.39 Å². The maximum absolute atomic E-state index is 13.3. The lowest BCUT2D eigenvalue weighted by atomic mass is 10.0. The van der Waals surface area contributed by atoms with Gasteiger partial charge in [-0.05, 0) is 62.7 Å². The number of nitrogens with zero attached hydrogens (tertiary/aromatic N) is 2. The molecule has 1 heterocycles. The summed E-state index contributed by atoms with van der Waals surface area (Å²) in [6.45, 7) is 5.41. The summed E-state index contributed by atoms with van der Waals surface area (Å²) in [7, 11) is 0. The van der Waals surface area contributed by atoms with Crippen molar-refractivity contribution in [1.29, 1.82) is 0 Å². The van der Waals surface area contributed by atoms with Crippen molar-refractivity contribution >= 4 is 23.5 Å². The van der Waals surface area contributed by atoms with Crippen molar-refractivity contribution in [2.75, 3.05) is 6.61 Å². The summed E-state index contributed by atoms with van der Waals surface area (Å²) in [5.41, 5.74) is 3.16. The first-order chi connectivity index (χ1) is 14.8. The second-order valence-electron chi connectivity index (χ2n) is 7.03. The van der Waals surface area contributed by atoms with Crippen molar-refractivity contribution in [2.24, 2.45) is 0 Å². The molecule has 0 aliphatic heterocycles. The molecule has 8 heteroatoms. The number of rotatable bonds is 7. The molecular weight excluding hydrogens is 421 g/mol. The second kappa shape index (κ2) is 9.75. The van der Waals surface area contributed by atoms with Crippen LogP contribution in [0.25, 0.3) is 5.69 Å². The molecule has 0 bridgehead atoms. The third kappa shape index (κ3) is 5.30. The molecule has 6 nitrogen and oxygen atoms in total. The van der Waals surface area contributed by atoms with E-state index in [-0.39, 0.29) is 24.8 Å². The number of esters is 1. The summed E-state index contributed by atoms with van der Waals surface area (Å²) < 4.78 is 20.1. The lowest BCUT2D eigenvalue weighted by Crippen LogP contribution is -2.36. The number of hydrogen-bond donors (Lipinski definition) is 1. The molecule has 0 aliphatic rings. The molecule has 0 spiro atoms. The first-order valence-corrected chi connectivity index (χ1v) is 10.2. The average Bonchev–Trinajstić information content (AvgIpc) is 3.02. The van der Waals surface area contributed by atoms with Gasteiger partial charge in [0.1, 0.15) is 5.82 Å². The Morgan fingerprint density at radius 2 is 1.77 bits per heavy atom. The molecule has 0 radical (unpaired) electrons. The van der Waals surface area contributed by atoms with Crippen molar-refractivity contribution in [2.45, 2.75) is 33.2 Å². The van der Waals surface area contributed by atoms with E-state index >= 15 is 0 Å². The Hall–Kier alpha value is -3.19. The number of benzene rings is 2. The molecule has 0 unspecified atom stereocenters. The van der Waals surface area contributed by atoms with Gasteiger partial charge >= 0.3 is 5.97 Å². The van der Waals surface area contributed by atoms with Crippen molar-refractivity contribution in [3.63, 3.8) is 0 Å². The van der Waals surface area contributed by atoms with Crippen LogP contribution in [0, 0.1) is 19.7 Å². The predicted octanol–water partition coefficient (Wildman–Crippen LogP) is 4.24. The van der Waals surface area contributed by atoms with Crippen molar-refractivity contribution in [3.05, 3.63) is 81.9 Å². The highest BCUT2D eigenvalue weighted by molar-refractivity contribution is 6.30. The van der Waals surface area contributed by atoms with Crippen LogP contribution in [0.5, 0.6) is 0 Å². The molecule has 1 N–H and O–H groups in total. The Morgan fingerprint density at radius 1 is 1.13 bits per heavy atom. The highest BCUT2D eigenvalue weighted by Gasteiger charge is 2.30. The first-order valence-electron chi connectivity index (χ1n) is 9.82. The van der Waals surface area contributed by atoms with Gasteiger partial charge in [0, 0.05) is 16.3 Å². The fourth-order valence-corrected chi connectivity index (χ4v) is 3.51. The fraction of sp³-hybridized carbons (Fsp3) is 0.261. The summed E-state index contributed by atoms with van der Waals surface area (Å²) >= 11 is 5.89. The zero-order valence-corrected chi connectivity index (χ0v) is 18.2. The summed E-state index contributed by atoms with van der Waals surface area (Å²) in [4.78, 5) is 25.4. The van der Waals surface area contributed by atoms with E-state index in [0.717, 1.165) is 5.56 Å². The van der Waals surface area contributed by atoms with Crippen LogP contribution in [0.2, 0.25) is 5.02 Å². The molecule has 1 amide bonds. The Balaban J connectivity index is 1.91. The monoisotopic (exact) mass is 443 g/mol. The van der Waals surface area contributed by atoms with Gasteiger partial charge < -0.3 is 10.1 Å². The SMILES string of the molecule is CCOC(=O)[C@H](NC(=O)Cc1ccc(Cl)cc1)c1c(C)nn(-c2ccc(F)cc2)c1C. The van der Waals surface area contributed by atoms with Gasteiger partial charge in [0.05, 0.1) is 24.4 Å². The lowest BCUT2D eigenvalue weighted by molar-refractivity contribution is -0.147. The quantitative estimate of drug-likeness (QED) is 0.554. The maximum Gasteiger partial charge on any atom is 0.333 e. The number of aryl methyl sites for hydroxylation is 1. The molecule has 31 heavy (non-hydrogen) atoms. The van der Waals surface area contributed by atoms with Gasteiger partial charge in [0.15, 0.2) is 6.04 Å². The standard InChI is InChI=1S/C23H23ClFN3O3/c1-4-31-23(30)22(26-20(29)13-16-5-7-17(24)8-6-16)21-14(2)27-28(15(21)3)19-11-9-18(25)10-12-19/h5-12,22H,4,13H2,1-3H3,(H,26,29)/t22-/m1/s1. The van der Waals surface area contributed by atoms with Crippen LogP contribution in [0.15, 0.2) is 48.5 Å². The summed E-state index contributed by atoms with van der Waals surface area (Å²) in [6.07, 6.45) is 0.0806. The average molecular weight is 444 g/mol. The van der Waals surface area contributed by atoms with Gasteiger partial charge in [-0.25, -0.2) is 13.9 Å². The third-order valence-electron chi connectivity index (χ3n) is 4.81. The van der Waals surface area contributed by atoms with Crippen LogP contribution in [0.1, 0.15) is 35.5 Å². The molecule has 1 aromatic heterocycles. The Bertz CT molecular complexity index is 1080. The van der Waals surface area contributed by atoms with Gasteiger partial charge in [0.2, 0.25) is 5.91 Å². The van der Waals surface area contributed by atoms with Crippen LogP contribution in [-0.2, 0) is 20.7 Å². The topological polar surface area (TPSA) is 73.2 Å². The zero-order valence-electron chi connectivity index (χ0n) is 17.5. The van der Waals surface area contributed by atoms with E-state index in [1.807, 2.05) is 0 Å². The van der Waals surface area contributed by atoms with Gasteiger partial charge in [-0.3, -0.25) is 4.79 Å². The number of amides is 1. The minimum Gasteiger partial charge on any atom is -0.464 e. The van der Waals surface area contributed by atoms with Gasteiger partial charge in [-0.15, -0.1) is 0 Å². The predicted molar refractivity (Wildman–Crippen MR) is 116 cm³/mol. The maximum atomic E-state index is 13.3. The van der Waals surface area contributed by atoms with Crippen LogP contribution in [-0.4, -0.2) is 28.3 Å². The smallest absolute Gasteiger partial charge is 0.333 e. The van der Waals surface area contributed by atoms with E-state index in [9.17, 15) is 14.0 Å². The highest BCUT2D eigenvalue weighted by Crippen LogP contribution is 2.26. The van der Waals surface area contributed by atoms with Gasteiger partial charge in [-0.2, -0.15) is 5.10 Å². The molecule has 2 aromatic carbocycles. The van der Waals surface area contributed by atoms with Crippen molar-refractivity contribution in [1.82, 2.24) is 15.1 Å². The molecule has 162 valence electrons. The minimum absolute atomic E-state index is 0.0806. The number of nitrogens with one attached hydrogen (secondary N) is 1. The molecular formula is C23H23ClFN3O3. The second-order valence-corrected chi connectivity index (χ2v) is 7.46. The molecule has 3 aromatic rings. The Morgan fingerprint density at radius 3 is 2.39 bits per heavy atom. The van der Waals surface area contributed by atoms with E-state index < -0.39 is 12.0 Å². The molecule has 3 rings (SSSR count). The van der Waals surface area contributed by atoms with E-state index in [2.05, 4.69) is 10.4 Å². The molecule has 0 aliphatic carbocycles. The van der Waals surface area contributed by atoms with Gasteiger partial charge in [-0.1, -0.05) is 23.7 Å². The van der Waals surface area contributed by atoms with Crippen LogP contribution < -0.4 is 5.32 Å². The van der Waals surface area contributed by atoms with E-state index in [0.29, 0.717) is 27.7 Å². The molecule has 0 saturated heterocycles. The van der Waals surface area contributed by atoms with Crippen LogP contribution >= 0.6 is 11.6 Å². The lowest BCUT2D eigenvalue weighted by Gasteiger charge is -2.18. The normalized spacial score (nSPS) is 11.8. The fourth-order valence-electron chi connectivity index (χ4n) is 3.38. The summed E-state index contributed by atoms with van der Waals surface area (Å²) in [6, 6.07) is 11.8. The summed E-state index contributed by atoms with van der Waals surface area (Å²) in [5, 5.41) is 7.85. The van der Waals surface area contributed by atoms with E-state index in [1.54, 1.807) is 61.9 Å². The number of carbonyl (C=O) groups excluding carboxylic acids is 2. The first kappa shape index (κ1) is 22.5. The van der Waals surface area contributed by atoms with Crippen molar-refractivity contribution in [3.8, 4) is 5.69 Å². The highest BCUT2D eigenvalue weighted by atomic mass is 35.5. The zero-order chi connectivity index (χ0) is 22.5. The van der Waals surface area contributed by atoms with E-state index in [4.69, 9.17) is 16.3 Å². The van der Waals surface area contributed by atoms with Gasteiger partial charge in [0.25, 0.3) is 0 Å². The van der Waals surface area contributed by atoms with Crippen LogP contribution in [0.3, 0.4) is 0 Å². The Kier molecular flexibility index (Phi) is 7.07. The Labute approximate surface area is 185 Å². The third-order valence-corrected chi connectivity index (χ3v) is 5.06. The minimum atomic E-state index is -1.02. The molecule has 0 saturated carbocycles. The van der Waals surface area contributed by atoms with E-state index in [1.165, 1.54) is 12.1 Å². The number of ether oxygens (including phenoxy) is 1. The number of hydrogen-bond acceptors (Lipinski definition) is 4. The summed E-state index contributed by atoms with van der Waals surface area (Å²) in [5.74, 6) is -1.27.